The van der Waals surface area contributed by atoms with Crippen LogP contribution < -0.4 is 15.0 Å². The van der Waals surface area contributed by atoms with Crippen LogP contribution in [-0.4, -0.2) is 67.6 Å². The largest absolute Gasteiger partial charge is 0.497 e. The third-order valence-corrected chi connectivity index (χ3v) is 5.64. The summed E-state index contributed by atoms with van der Waals surface area (Å²) < 4.78 is 10.4. The van der Waals surface area contributed by atoms with E-state index in [1.165, 1.54) is 0 Å². The molecule has 1 N–H and O–H groups in total. The van der Waals surface area contributed by atoms with E-state index in [4.69, 9.17) is 14.5 Å². The molecule has 0 spiro atoms. The minimum Gasteiger partial charge on any atom is -0.497 e. The SMILES string of the molecule is CCOC(=O)[C@@H]1C(=O)NC(N2CCN(c3ccccn3)CC2)=N[C@@H]1c1ccc(OC)cc1. The highest BCUT2D eigenvalue weighted by atomic mass is 16.5. The van der Waals surface area contributed by atoms with Gasteiger partial charge in [0.2, 0.25) is 11.9 Å². The zero-order valence-electron chi connectivity index (χ0n) is 18.2. The van der Waals surface area contributed by atoms with E-state index in [0.29, 0.717) is 24.8 Å². The molecule has 3 heterocycles. The first-order valence-corrected chi connectivity index (χ1v) is 10.7. The molecule has 9 nitrogen and oxygen atoms in total. The van der Waals surface area contributed by atoms with Crippen LogP contribution in [0.1, 0.15) is 18.5 Å². The van der Waals surface area contributed by atoms with Crippen molar-refractivity contribution in [3.8, 4) is 5.75 Å². The summed E-state index contributed by atoms with van der Waals surface area (Å²) in [5.41, 5.74) is 0.753. The Morgan fingerprint density at radius 1 is 1.09 bits per heavy atom. The van der Waals surface area contributed by atoms with Gasteiger partial charge in [0.05, 0.1) is 13.7 Å². The zero-order valence-corrected chi connectivity index (χ0v) is 18.2. The first-order valence-electron chi connectivity index (χ1n) is 10.7. The van der Waals surface area contributed by atoms with Gasteiger partial charge in [0, 0.05) is 32.4 Å². The fourth-order valence-corrected chi connectivity index (χ4v) is 3.95. The predicted octanol–water partition coefficient (Wildman–Crippen LogP) is 1.62. The summed E-state index contributed by atoms with van der Waals surface area (Å²) in [6.45, 7) is 4.77. The van der Waals surface area contributed by atoms with E-state index in [1.54, 1.807) is 32.4 Å². The van der Waals surface area contributed by atoms with Crippen LogP contribution in [0.25, 0.3) is 0 Å². The normalized spacial score (nSPS) is 20.9. The molecule has 4 rings (SSSR count). The smallest absolute Gasteiger partial charge is 0.321 e. The highest BCUT2D eigenvalue weighted by Gasteiger charge is 2.42. The van der Waals surface area contributed by atoms with Crippen molar-refractivity contribution in [2.45, 2.75) is 13.0 Å². The molecule has 0 unspecified atom stereocenters. The number of amides is 1. The van der Waals surface area contributed by atoms with Crippen molar-refractivity contribution in [3.05, 3.63) is 54.2 Å². The lowest BCUT2D eigenvalue weighted by molar-refractivity contribution is -0.153. The standard InChI is InChI=1S/C23H27N5O4/c1-3-32-22(30)19-20(16-7-9-17(31-2)10-8-16)25-23(26-21(19)29)28-14-12-27(13-15-28)18-6-4-5-11-24-18/h4-11,19-20H,3,12-15H2,1-2H3,(H,25,26,29)/t19-,20+/m0/s1. The van der Waals surface area contributed by atoms with Crippen molar-refractivity contribution >= 4 is 23.7 Å². The maximum absolute atomic E-state index is 13.0. The van der Waals surface area contributed by atoms with Gasteiger partial charge in [-0.1, -0.05) is 18.2 Å². The number of nitrogens with zero attached hydrogens (tertiary/aromatic N) is 4. The van der Waals surface area contributed by atoms with E-state index >= 15 is 0 Å². The highest BCUT2D eigenvalue weighted by molar-refractivity contribution is 6.08. The Labute approximate surface area is 187 Å². The number of guanidine groups is 1. The van der Waals surface area contributed by atoms with Crippen LogP contribution in [0.15, 0.2) is 53.7 Å². The molecule has 1 amide bonds. The van der Waals surface area contributed by atoms with Gasteiger partial charge in [-0.05, 0) is 36.8 Å². The average Bonchev–Trinajstić information content (AvgIpc) is 2.84. The van der Waals surface area contributed by atoms with Gasteiger partial charge in [0.25, 0.3) is 0 Å². The van der Waals surface area contributed by atoms with Gasteiger partial charge in [-0.25, -0.2) is 9.98 Å². The number of anilines is 1. The number of methoxy groups -OCH3 is 1. The second kappa shape index (κ2) is 9.67. The van der Waals surface area contributed by atoms with E-state index in [0.717, 1.165) is 24.5 Å². The molecule has 32 heavy (non-hydrogen) atoms. The first-order chi connectivity index (χ1) is 15.6. The number of hydrogen-bond acceptors (Lipinski definition) is 8. The number of piperazine rings is 1. The molecule has 0 radical (unpaired) electrons. The molecule has 0 bridgehead atoms. The maximum atomic E-state index is 13.0. The molecule has 1 aromatic heterocycles. The Morgan fingerprint density at radius 2 is 1.81 bits per heavy atom. The average molecular weight is 438 g/mol. The van der Waals surface area contributed by atoms with Crippen molar-refractivity contribution in [2.24, 2.45) is 10.9 Å². The summed E-state index contributed by atoms with van der Waals surface area (Å²) >= 11 is 0. The van der Waals surface area contributed by atoms with Crippen molar-refractivity contribution in [2.75, 3.05) is 44.8 Å². The number of rotatable bonds is 5. The van der Waals surface area contributed by atoms with Crippen LogP contribution in [0, 0.1) is 5.92 Å². The van der Waals surface area contributed by atoms with Crippen molar-refractivity contribution in [1.82, 2.24) is 15.2 Å². The number of aliphatic imine (C=N–C) groups is 1. The quantitative estimate of drug-likeness (QED) is 0.561. The number of aromatic nitrogens is 1. The molecule has 1 aromatic carbocycles. The Balaban J connectivity index is 1.56. The molecule has 1 saturated heterocycles. The minimum absolute atomic E-state index is 0.198. The summed E-state index contributed by atoms with van der Waals surface area (Å²) in [4.78, 5) is 39.0. The number of nitrogens with one attached hydrogen (secondary N) is 1. The van der Waals surface area contributed by atoms with Crippen molar-refractivity contribution in [1.29, 1.82) is 0 Å². The second-order valence-electron chi connectivity index (χ2n) is 7.55. The van der Waals surface area contributed by atoms with Crippen LogP contribution in [0.3, 0.4) is 0 Å². The van der Waals surface area contributed by atoms with E-state index in [2.05, 4.69) is 15.2 Å². The predicted molar refractivity (Wildman–Crippen MR) is 119 cm³/mol. The van der Waals surface area contributed by atoms with E-state index < -0.39 is 23.8 Å². The molecule has 0 aliphatic carbocycles. The van der Waals surface area contributed by atoms with E-state index in [1.807, 2.05) is 35.2 Å². The summed E-state index contributed by atoms with van der Waals surface area (Å²) in [6, 6.07) is 12.4. The molecule has 9 heteroatoms. The Hall–Kier alpha value is -3.62. The van der Waals surface area contributed by atoms with Crippen LogP contribution in [0.4, 0.5) is 5.82 Å². The summed E-state index contributed by atoms with van der Waals surface area (Å²) in [6.07, 6.45) is 1.78. The zero-order chi connectivity index (χ0) is 22.5. The molecule has 1 fully saturated rings. The fourth-order valence-electron chi connectivity index (χ4n) is 3.95. The number of pyridine rings is 1. The number of carbonyl (C=O) groups is 2. The Kier molecular flexibility index (Phi) is 6.53. The molecule has 168 valence electrons. The third kappa shape index (κ3) is 4.51. The van der Waals surface area contributed by atoms with Gasteiger partial charge >= 0.3 is 5.97 Å². The molecule has 2 atom stereocenters. The number of benzene rings is 1. The first kappa shape index (κ1) is 21.6. The van der Waals surface area contributed by atoms with Gasteiger partial charge in [0.15, 0.2) is 5.92 Å². The van der Waals surface area contributed by atoms with Crippen LogP contribution in [-0.2, 0) is 14.3 Å². The fraction of sp³-hybridized carbons (Fsp3) is 0.391. The molecular formula is C23H27N5O4. The van der Waals surface area contributed by atoms with E-state index in [-0.39, 0.29) is 6.61 Å². The van der Waals surface area contributed by atoms with Crippen LogP contribution in [0.5, 0.6) is 5.75 Å². The van der Waals surface area contributed by atoms with Gasteiger partial charge < -0.3 is 19.3 Å². The number of hydrogen-bond donors (Lipinski definition) is 1. The van der Waals surface area contributed by atoms with Gasteiger partial charge in [-0.3, -0.25) is 14.9 Å². The molecule has 0 saturated carbocycles. The van der Waals surface area contributed by atoms with Gasteiger partial charge in [0.1, 0.15) is 17.6 Å². The summed E-state index contributed by atoms with van der Waals surface area (Å²) in [5, 5.41) is 2.83. The topological polar surface area (TPSA) is 96.4 Å². The van der Waals surface area contributed by atoms with E-state index in [9.17, 15) is 9.59 Å². The molecular weight excluding hydrogens is 410 g/mol. The lowest BCUT2D eigenvalue weighted by Gasteiger charge is -2.39. The van der Waals surface area contributed by atoms with Gasteiger partial charge in [-0.2, -0.15) is 0 Å². The van der Waals surface area contributed by atoms with Gasteiger partial charge in [-0.15, -0.1) is 0 Å². The lowest BCUT2D eigenvalue weighted by Crippen LogP contribution is -2.57. The molecule has 2 aliphatic rings. The van der Waals surface area contributed by atoms with Crippen LogP contribution in [0.2, 0.25) is 0 Å². The van der Waals surface area contributed by atoms with Crippen molar-refractivity contribution in [3.63, 3.8) is 0 Å². The van der Waals surface area contributed by atoms with Crippen LogP contribution >= 0.6 is 0 Å². The molecule has 2 aliphatic heterocycles. The lowest BCUT2D eigenvalue weighted by atomic mass is 9.91. The minimum atomic E-state index is -1.04. The number of carbonyl (C=O) groups excluding carboxylic acids is 2. The Bertz CT molecular complexity index is 972. The number of esters is 1. The Morgan fingerprint density at radius 3 is 2.44 bits per heavy atom. The monoisotopic (exact) mass is 437 g/mol. The summed E-state index contributed by atoms with van der Waals surface area (Å²) in [5.74, 6) is 0.0887. The molecule has 2 aromatic rings. The highest BCUT2D eigenvalue weighted by Crippen LogP contribution is 2.32. The number of ether oxygens (including phenoxy) is 2. The summed E-state index contributed by atoms with van der Waals surface area (Å²) in [7, 11) is 1.59. The van der Waals surface area contributed by atoms with Crippen molar-refractivity contribution < 1.29 is 19.1 Å². The maximum Gasteiger partial charge on any atom is 0.321 e. The second-order valence-corrected chi connectivity index (χ2v) is 7.55. The third-order valence-electron chi connectivity index (χ3n) is 5.64.